The lowest BCUT2D eigenvalue weighted by atomic mass is 9.44. The quantitative estimate of drug-likeness (QED) is 0.441. The van der Waals surface area contributed by atoms with Crippen LogP contribution in [-0.4, -0.2) is 50.7 Å². The average Bonchev–Trinajstić information content (AvgIpc) is 3.26. The lowest BCUT2D eigenvalue weighted by Crippen LogP contribution is -2.70. The number of nitrogens with zero attached hydrogens (tertiary/aromatic N) is 1. The van der Waals surface area contributed by atoms with Crippen LogP contribution in [0.2, 0.25) is 0 Å². The minimum Gasteiger partial charge on any atom is -0.445 e. The first-order valence-corrected chi connectivity index (χ1v) is 13.0. The summed E-state index contributed by atoms with van der Waals surface area (Å²) in [7, 11) is 0. The number of fused-ring (bicyclic) bond motifs is 5. The third-order valence-corrected chi connectivity index (χ3v) is 10.3. The number of aryl methyl sites for hydroxylation is 2. The Hall–Kier alpha value is -2.33. The van der Waals surface area contributed by atoms with Gasteiger partial charge >= 0.3 is 5.97 Å². The topological polar surface area (TPSA) is 107 Å². The number of rotatable bonds is 3. The highest BCUT2D eigenvalue weighted by atomic mass is 32.1. The number of carbonyl (C=O) groups excluding carboxylic acids is 3. The van der Waals surface area contributed by atoms with E-state index < -0.39 is 69.0 Å². The van der Waals surface area contributed by atoms with Crippen LogP contribution in [0.3, 0.4) is 0 Å². The van der Waals surface area contributed by atoms with E-state index in [2.05, 4.69) is 17.8 Å². The summed E-state index contributed by atoms with van der Waals surface area (Å²) in [6.07, 6.45) is 0.234. The van der Waals surface area contributed by atoms with Crippen molar-refractivity contribution in [2.24, 2.45) is 28.6 Å². The molecule has 5 rings (SSSR count). The van der Waals surface area contributed by atoms with Crippen molar-refractivity contribution in [2.75, 3.05) is 0 Å². The normalized spacial score (nSPS) is 44.5. The summed E-state index contributed by atoms with van der Waals surface area (Å²) in [4.78, 5) is 38.7. The Bertz CT molecular complexity index is 1260. The highest BCUT2D eigenvalue weighted by molar-refractivity contribution is 7.96. The number of halogens is 2. The van der Waals surface area contributed by atoms with Gasteiger partial charge < -0.3 is 14.4 Å². The van der Waals surface area contributed by atoms with Gasteiger partial charge in [-0.05, 0) is 63.7 Å². The molecule has 1 N–H and O–H groups in total. The second kappa shape index (κ2) is 8.09. The van der Waals surface area contributed by atoms with Crippen molar-refractivity contribution in [3.05, 3.63) is 40.8 Å². The summed E-state index contributed by atoms with van der Waals surface area (Å²) in [5, 5.41) is 14.6. The predicted molar refractivity (Wildman–Crippen MR) is 131 cm³/mol. The number of hydrogen-bond donors (Lipinski definition) is 2. The summed E-state index contributed by atoms with van der Waals surface area (Å²) < 4.78 is 44.1. The van der Waals surface area contributed by atoms with E-state index in [1.807, 2.05) is 0 Å². The monoisotopic (exact) mass is 535 g/mol. The Morgan fingerprint density at radius 1 is 1.24 bits per heavy atom. The summed E-state index contributed by atoms with van der Waals surface area (Å²) in [5.74, 6) is -3.25. The Balaban J connectivity index is 1.62. The van der Waals surface area contributed by atoms with Crippen LogP contribution in [-0.2, 0) is 14.3 Å². The minimum atomic E-state index is -2.30. The van der Waals surface area contributed by atoms with E-state index >= 15 is 8.78 Å². The number of aliphatic hydroxyl groups excluding tert-OH is 1. The van der Waals surface area contributed by atoms with Crippen molar-refractivity contribution in [2.45, 2.75) is 77.4 Å². The fraction of sp³-hybridized carbons (Fsp3) is 0.630. The van der Waals surface area contributed by atoms with E-state index in [1.54, 1.807) is 27.7 Å². The van der Waals surface area contributed by atoms with Crippen LogP contribution in [0, 0.1) is 42.4 Å². The van der Waals surface area contributed by atoms with Crippen LogP contribution in [0.25, 0.3) is 0 Å². The summed E-state index contributed by atoms with van der Waals surface area (Å²) in [6, 6.07) is 0. The number of hydrogen-bond acceptors (Lipinski definition) is 7. The van der Waals surface area contributed by atoms with Crippen molar-refractivity contribution in [1.82, 2.24) is 5.16 Å². The molecule has 1 heterocycles. The number of allylic oxidation sites excluding steroid dienone is 4. The van der Waals surface area contributed by atoms with Crippen molar-refractivity contribution in [3.63, 3.8) is 0 Å². The Morgan fingerprint density at radius 2 is 1.92 bits per heavy atom. The van der Waals surface area contributed by atoms with E-state index in [4.69, 9.17) is 9.26 Å². The third kappa shape index (κ3) is 3.08. The minimum absolute atomic E-state index is 0.0221. The van der Waals surface area contributed by atoms with Gasteiger partial charge in [0.2, 0.25) is 5.12 Å². The van der Waals surface area contributed by atoms with E-state index in [-0.39, 0.29) is 36.2 Å². The molecule has 0 spiro atoms. The molecule has 200 valence electrons. The van der Waals surface area contributed by atoms with Gasteiger partial charge in [0.25, 0.3) is 0 Å². The SMILES string of the molecule is Cc1noc(C)c1C(=O)O[C@]1(C(=O)S)[C@H](C)C[C@H]2[C@@H]3C[C@H](F)C4=CC(=O)C=C[C@]4(C)[C@@]3(F)[C@@H](O)C[C@@]21C. The van der Waals surface area contributed by atoms with Gasteiger partial charge in [0.15, 0.2) is 17.1 Å². The van der Waals surface area contributed by atoms with E-state index in [9.17, 15) is 19.5 Å². The van der Waals surface area contributed by atoms with E-state index in [1.165, 1.54) is 19.1 Å². The number of aliphatic hydroxyl groups is 1. The highest BCUT2D eigenvalue weighted by Gasteiger charge is 2.78. The standard InChI is InChI=1S/C27H31F2NO6S/c1-12-8-16-17-10-19(28)18-9-15(31)6-7-24(18,4)26(17,29)20(32)11-25(16,5)27(12,23(34)37)35-22(33)21-13(2)30-36-14(21)3/h6-7,9,12,16-17,19-20,32H,8,10-11H2,1-5H3,(H,34,37)/t12-,16+,17+,19+,20+,24+,25+,26+,27+/m1/s1. The molecule has 4 aliphatic rings. The Morgan fingerprint density at radius 3 is 2.51 bits per heavy atom. The molecule has 0 aliphatic heterocycles. The first kappa shape index (κ1) is 26.3. The van der Waals surface area contributed by atoms with Gasteiger partial charge in [-0.15, -0.1) is 12.6 Å². The predicted octanol–water partition coefficient (Wildman–Crippen LogP) is 4.21. The molecule has 3 saturated carbocycles. The average molecular weight is 536 g/mol. The fourth-order valence-electron chi connectivity index (χ4n) is 8.21. The zero-order chi connectivity index (χ0) is 27.3. The van der Waals surface area contributed by atoms with Gasteiger partial charge in [0, 0.05) is 22.7 Å². The molecular formula is C27H31F2NO6S. The van der Waals surface area contributed by atoms with Crippen LogP contribution in [0.1, 0.15) is 61.8 Å². The molecule has 0 aromatic carbocycles. The molecule has 0 saturated heterocycles. The first-order chi connectivity index (χ1) is 17.1. The van der Waals surface area contributed by atoms with Crippen LogP contribution < -0.4 is 0 Å². The maximum atomic E-state index is 17.4. The van der Waals surface area contributed by atoms with E-state index in [0.29, 0.717) is 5.69 Å². The van der Waals surface area contributed by atoms with Gasteiger partial charge in [-0.3, -0.25) is 9.59 Å². The molecule has 3 fully saturated rings. The van der Waals surface area contributed by atoms with Crippen LogP contribution >= 0.6 is 12.6 Å². The van der Waals surface area contributed by atoms with Crippen LogP contribution in [0.15, 0.2) is 28.3 Å². The number of ether oxygens (including phenoxy) is 1. The molecule has 0 unspecified atom stereocenters. The lowest BCUT2D eigenvalue weighted by molar-refractivity contribution is -0.221. The number of carbonyl (C=O) groups is 3. The van der Waals surface area contributed by atoms with Gasteiger partial charge in [-0.25, -0.2) is 13.6 Å². The zero-order valence-electron chi connectivity index (χ0n) is 21.4. The first-order valence-electron chi connectivity index (χ1n) is 12.5. The molecule has 0 bridgehead atoms. The lowest BCUT2D eigenvalue weighted by Gasteiger charge is -2.63. The number of esters is 1. The van der Waals surface area contributed by atoms with E-state index in [0.717, 1.165) is 6.08 Å². The second-order valence-electron chi connectivity index (χ2n) is 11.6. The van der Waals surface area contributed by atoms with Gasteiger partial charge in [0.05, 0.1) is 11.8 Å². The Kier molecular flexibility index (Phi) is 5.74. The van der Waals surface area contributed by atoms with Gasteiger partial charge in [-0.1, -0.05) is 25.1 Å². The number of aromatic nitrogens is 1. The van der Waals surface area contributed by atoms with Gasteiger partial charge in [-0.2, -0.15) is 0 Å². The van der Waals surface area contributed by atoms with Gasteiger partial charge in [0.1, 0.15) is 17.5 Å². The van der Waals surface area contributed by atoms with Crippen molar-refractivity contribution >= 4 is 29.5 Å². The van der Waals surface area contributed by atoms with Crippen molar-refractivity contribution in [1.29, 1.82) is 0 Å². The number of ketones is 1. The molecule has 7 nitrogen and oxygen atoms in total. The summed E-state index contributed by atoms with van der Waals surface area (Å²) in [5.41, 5.74) is -6.50. The Labute approximate surface area is 219 Å². The zero-order valence-corrected chi connectivity index (χ0v) is 22.3. The number of alkyl halides is 2. The third-order valence-electron chi connectivity index (χ3n) is 9.98. The maximum Gasteiger partial charge on any atom is 0.344 e. The maximum absolute atomic E-state index is 17.4. The summed E-state index contributed by atoms with van der Waals surface area (Å²) in [6.45, 7) is 8.06. The summed E-state index contributed by atoms with van der Waals surface area (Å²) >= 11 is 4.16. The van der Waals surface area contributed by atoms with Crippen molar-refractivity contribution < 1.29 is 37.5 Å². The van der Waals surface area contributed by atoms with Crippen molar-refractivity contribution in [3.8, 4) is 0 Å². The molecule has 9 atom stereocenters. The molecular weight excluding hydrogens is 504 g/mol. The molecule has 37 heavy (non-hydrogen) atoms. The molecule has 1 aromatic heterocycles. The molecule has 10 heteroatoms. The fourth-order valence-corrected chi connectivity index (χ4v) is 8.73. The highest BCUT2D eigenvalue weighted by Crippen LogP contribution is 2.71. The van der Waals surface area contributed by atoms with Crippen LogP contribution in [0.4, 0.5) is 8.78 Å². The molecule has 1 aromatic rings. The largest absolute Gasteiger partial charge is 0.445 e. The molecule has 0 amide bonds. The second-order valence-corrected chi connectivity index (χ2v) is 12.0. The number of thiol groups is 1. The van der Waals surface area contributed by atoms with Crippen LogP contribution in [0.5, 0.6) is 0 Å². The molecule has 0 radical (unpaired) electrons. The molecule has 4 aliphatic carbocycles. The smallest absolute Gasteiger partial charge is 0.344 e.